The number of hydrogen-bond acceptors (Lipinski definition) is 2. The van der Waals surface area contributed by atoms with Crippen molar-refractivity contribution >= 4 is 16.6 Å². The Morgan fingerprint density at radius 1 is 0.773 bits per heavy atom. The van der Waals surface area contributed by atoms with Gasteiger partial charge in [0, 0.05) is 12.1 Å². The first-order valence-corrected chi connectivity index (χ1v) is 15.0. The SMILES string of the molecule is CC(C)(C)[Si](C)(C)NC1CCC(O[Si](C)(C)C(C)(C)C)CC1. The van der Waals surface area contributed by atoms with Gasteiger partial charge >= 0.3 is 0 Å². The molecule has 0 amide bonds. The highest BCUT2D eigenvalue weighted by Crippen LogP contribution is 2.40. The van der Waals surface area contributed by atoms with E-state index >= 15 is 0 Å². The molecule has 0 radical (unpaired) electrons. The second kappa shape index (κ2) is 6.69. The Morgan fingerprint density at radius 3 is 1.59 bits per heavy atom. The Bertz CT molecular complexity index is 322. The highest BCUT2D eigenvalue weighted by Gasteiger charge is 2.41. The van der Waals surface area contributed by atoms with Crippen LogP contribution in [-0.4, -0.2) is 28.7 Å². The van der Waals surface area contributed by atoms with Crippen LogP contribution in [0.1, 0.15) is 67.2 Å². The van der Waals surface area contributed by atoms with E-state index in [4.69, 9.17) is 4.43 Å². The average molecular weight is 344 g/mol. The van der Waals surface area contributed by atoms with E-state index in [0.29, 0.717) is 22.2 Å². The van der Waals surface area contributed by atoms with Crippen LogP contribution in [0, 0.1) is 0 Å². The molecule has 132 valence electrons. The standard InChI is InChI=1S/C18H41NOSi2/c1-17(2,3)21(7,8)19-15-11-13-16(14-12-15)20-22(9,10)18(4,5)6/h15-16,19H,11-14H2,1-10H3. The van der Waals surface area contributed by atoms with Gasteiger partial charge in [0.25, 0.3) is 0 Å². The van der Waals surface area contributed by atoms with Crippen LogP contribution in [0.3, 0.4) is 0 Å². The second-order valence-electron chi connectivity index (χ2n) is 10.4. The number of rotatable bonds is 4. The molecule has 0 heterocycles. The van der Waals surface area contributed by atoms with Crippen molar-refractivity contribution in [2.45, 2.75) is 116 Å². The van der Waals surface area contributed by atoms with Gasteiger partial charge in [0.05, 0.1) is 0 Å². The van der Waals surface area contributed by atoms with E-state index in [-0.39, 0.29) is 0 Å². The van der Waals surface area contributed by atoms with Crippen molar-refractivity contribution in [1.82, 2.24) is 4.98 Å². The molecule has 1 rings (SSSR count). The maximum atomic E-state index is 6.61. The largest absolute Gasteiger partial charge is 0.414 e. The van der Waals surface area contributed by atoms with Crippen molar-refractivity contribution in [2.24, 2.45) is 0 Å². The molecular weight excluding hydrogens is 302 g/mol. The van der Waals surface area contributed by atoms with Gasteiger partial charge in [0.1, 0.15) is 8.24 Å². The lowest BCUT2D eigenvalue weighted by atomic mass is 9.94. The van der Waals surface area contributed by atoms with Crippen molar-refractivity contribution in [3.8, 4) is 0 Å². The Morgan fingerprint density at radius 2 is 1.23 bits per heavy atom. The molecule has 1 N–H and O–H groups in total. The molecule has 0 bridgehead atoms. The summed E-state index contributed by atoms with van der Waals surface area (Å²) in [4.78, 5) is 4.04. The normalized spacial score (nSPS) is 25.4. The maximum absolute atomic E-state index is 6.61. The van der Waals surface area contributed by atoms with Gasteiger partial charge < -0.3 is 9.41 Å². The van der Waals surface area contributed by atoms with Crippen LogP contribution in [0.4, 0.5) is 0 Å². The zero-order valence-electron chi connectivity index (χ0n) is 16.9. The molecule has 0 spiro atoms. The van der Waals surface area contributed by atoms with E-state index in [1.165, 1.54) is 25.7 Å². The van der Waals surface area contributed by atoms with Crippen LogP contribution < -0.4 is 4.98 Å². The summed E-state index contributed by atoms with van der Waals surface area (Å²) in [5.41, 5.74) is 0. The molecule has 0 saturated heterocycles. The summed E-state index contributed by atoms with van der Waals surface area (Å²) in [6.45, 7) is 23.9. The minimum absolute atomic E-state index is 0.323. The van der Waals surface area contributed by atoms with Gasteiger partial charge in [0.2, 0.25) is 0 Å². The molecule has 1 saturated carbocycles. The van der Waals surface area contributed by atoms with Crippen molar-refractivity contribution in [3.63, 3.8) is 0 Å². The first kappa shape index (κ1) is 20.4. The Kier molecular flexibility index (Phi) is 6.21. The van der Waals surface area contributed by atoms with E-state index in [1.807, 2.05) is 0 Å². The molecule has 0 aromatic heterocycles. The molecule has 0 aliphatic heterocycles. The van der Waals surface area contributed by atoms with Crippen molar-refractivity contribution in [2.75, 3.05) is 0 Å². The van der Waals surface area contributed by atoms with Crippen molar-refractivity contribution in [3.05, 3.63) is 0 Å². The third kappa shape index (κ3) is 5.18. The first-order chi connectivity index (χ1) is 9.66. The van der Waals surface area contributed by atoms with E-state index in [0.717, 1.165) is 0 Å². The summed E-state index contributed by atoms with van der Waals surface area (Å²) in [7, 11) is -2.98. The van der Waals surface area contributed by atoms with E-state index in [2.05, 4.69) is 72.7 Å². The molecule has 0 atom stereocenters. The summed E-state index contributed by atoms with van der Waals surface area (Å²) in [5.74, 6) is 0. The van der Waals surface area contributed by atoms with Crippen LogP contribution in [0.2, 0.25) is 36.3 Å². The Labute approximate surface area is 142 Å². The quantitative estimate of drug-likeness (QED) is 0.640. The zero-order valence-corrected chi connectivity index (χ0v) is 18.9. The van der Waals surface area contributed by atoms with E-state index in [9.17, 15) is 0 Å². The highest BCUT2D eigenvalue weighted by atomic mass is 28.4. The van der Waals surface area contributed by atoms with E-state index < -0.39 is 16.6 Å². The first-order valence-electron chi connectivity index (χ1n) is 9.11. The van der Waals surface area contributed by atoms with Gasteiger partial charge in [-0.15, -0.1) is 0 Å². The lowest BCUT2D eigenvalue weighted by Gasteiger charge is -2.44. The summed E-state index contributed by atoms with van der Waals surface area (Å²) in [6.07, 6.45) is 5.54. The summed E-state index contributed by atoms with van der Waals surface area (Å²) < 4.78 is 6.61. The predicted octanol–water partition coefficient (Wildman–Crippen LogP) is 5.91. The molecule has 1 aliphatic rings. The summed E-state index contributed by atoms with van der Waals surface area (Å²) in [6, 6.07) is 0.708. The fourth-order valence-electron chi connectivity index (χ4n) is 2.65. The fraction of sp³-hybridized carbons (Fsp3) is 1.00. The van der Waals surface area contributed by atoms with E-state index in [1.54, 1.807) is 0 Å². The lowest BCUT2D eigenvalue weighted by Crippen LogP contribution is -2.57. The molecule has 4 heteroatoms. The van der Waals surface area contributed by atoms with Gasteiger partial charge in [-0.25, -0.2) is 0 Å². The number of nitrogens with one attached hydrogen (secondary N) is 1. The average Bonchev–Trinajstić information content (AvgIpc) is 2.28. The Balaban J connectivity index is 2.51. The molecule has 0 unspecified atom stereocenters. The van der Waals surface area contributed by atoms with Crippen molar-refractivity contribution < 1.29 is 4.43 Å². The van der Waals surface area contributed by atoms with Gasteiger partial charge in [-0.05, 0) is 48.9 Å². The molecular formula is C18H41NOSi2. The number of hydrogen-bond donors (Lipinski definition) is 1. The topological polar surface area (TPSA) is 21.3 Å². The van der Waals surface area contributed by atoms with Crippen molar-refractivity contribution in [1.29, 1.82) is 0 Å². The third-order valence-corrected chi connectivity index (χ3v) is 15.8. The minimum Gasteiger partial charge on any atom is -0.414 e. The van der Waals surface area contributed by atoms with Crippen LogP contribution in [0.15, 0.2) is 0 Å². The summed E-state index contributed by atoms with van der Waals surface area (Å²) >= 11 is 0. The molecule has 22 heavy (non-hydrogen) atoms. The van der Waals surface area contributed by atoms with Gasteiger partial charge in [-0.3, -0.25) is 0 Å². The van der Waals surface area contributed by atoms with Crippen LogP contribution >= 0.6 is 0 Å². The molecule has 2 nitrogen and oxygen atoms in total. The van der Waals surface area contributed by atoms with Crippen LogP contribution in [0.5, 0.6) is 0 Å². The summed E-state index contributed by atoms with van der Waals surface area (Å²) in [5, 5.41) is 0.741. The fourth-order valence-corrected chi connectivity index (χ4v) is 5.81. The zero-order chi connectivity index (χ0) is 17.4. The lowest BCUT2D eigenvalue weighted by molar-refractivity contribution is 0.128. The smallest absolute Gasteiger partial charge is 0.192 e. The predicted molar refractivity (Wildman–Crippen MR) is 105 cm³/mol. The molecule has 1 aliphatic carbocycles. The van der Waals surface area contributed by atoms with Gasteiger partial charge in [-0.1, -0.05) is 54.6 Å². The van der Waals surface area contributed by atoms with Crippen LogP contribution in [-0.2, 0) is 4.43 Å². The second-order valence-corrected chi connectivity index (χ2v) is 20.2. The molecule has 0 aromatic carbocycles. The molecule has 1 fully saturated rings. The minimum atomic E-state index is -1.60. The monoisotopic (exact) mass is 343 g/mol. The maximum Gasteiger partial charge on any atom is 0.192 e. The highest BCUT2D eigenvalue weighted by molar-refractivity contribution is 6.77. The van der Waals surface area contributed by atoms with Crippen LogP contribution in [0.25, 0.3) is 0 Å². The van der Waals surface area contributed by atoms with Gasteiger partial charge in [-0.2, -0.15) is 0 Å². The third-order valence-electron chi connectivity index (χ3n) is 6.38. The Hall–Kier alpha value is 0.354. The van der Waals surface area contributed by atoms with Gasteiger partial charge in [0.15, 0.2) is 8.32 Å². The molecule has 0 aromatic rings.